The molecule has 0 bridgehead atoms. The summed E-state index contributed by atoms with van der Waals surface area (Å²) < 4.78 is 24.9. The molecule has 3 aromatic rings. The second-order valence-electron chi connectivity index (χ2n) is 6.95. The molecule has 0 saturated carbocycles. The summed E-state index contributed by atoms with van der Waals surface area (Å²) in [6, 6.07) is 19.7. The van der Waals surface area contributed by atoms with E-state index in [1.54, 1.807) is 25.3 Å². The number of allylic oxidation sites excluding steroid dienone is 1. The predicted octanol–water partition coefficient (Wildman–Crippen LogP) is 5.63. The number of para-hydroxylation sites is 1. The van der Waals surface area contributed by atoms with E-state index in [9.17, 15) is 9.18 Å². The van der Waals surface area contributed by atoms with Crippen molar-refractivity contribution in [1.82, 2.24) is 0 Å². The van der Waals surface area contributed by atoms with Crippen LogP contribution in [0.2, 0.25) is 0 Å². The summed E-state index contributed by atoms with van der Waals surface area (Å²) in [5, 5.41) is 0. The largest absolute Gasteiger partial charge is 0.496 e. The molecule has 4 heteroatoms. The van der Waals surface area contributed by atoms with E-state index in [1.807, 2.05) is 48.5 Å². The van der Waals surface area contributed by atoms with Crippen LogP contribution in [-0.4, -0.2) is 12.9 Å². The van der Waals surface area contributed by atoms with Crippen molar-refractivity contribution >= 4 is 11.9 Å². The van der Waals surface area contributed by atoms with Crippen LogP contribution in [0.15, 0.2) is 72.3 Å². The van der Waals surface area contributed by atoms with Gasteiger partial charge < -0.3 is 9.47 Å². The highest BCUT2D eigenvalue weighted by molar-refractivity contribution is 6.13. The molecule has 0 unspecified atom stereocenters. The molecule has 4 rings (SSSR count). The average molecular weight is 388 g/mol. The van der Waals surface area contributed by atoms with Gasteiger partial charge in [0.2, 0.25) is 0 Å². The Hall–Kier alpha value is -3.40. The van der Waals surface area contributed by atoms with Crippen LogP contribution in [0, 0.1) is 5.82 Å². The van der Waals surface area contributed by atoms with E-state index in [4.69, 9.17) is 9.47 Å². The number of carbonyl (C=O) groups excluding carboxylic acids is 1. The fourth-order valence-electron chi connectivity index (χ4n) is 3.57. The van der Waals surface area contributed by atoms with Crippen molar-refractivity contribution in [1.29, 1.82) is 0 Å². The Morgan fingerprint density at radius 1 is 0.966 bits per heavy atom. The number of hydrogen-bond acceptors (Lipinski definition) is 3. The third-order valence-electron chi connectivity index (χ3n) is 5.08. The van der Waals surface area contributed by atoms with Gasteiger partial charge in [-0.25, -0.2) is 4.39 Å². The number of benzene rings is 3. The Morgan fingerprint density at radius 2 is 1.76 bits per heavy atom. The fraction of sp³-hybridized carbons (Fsp3) is 0.160. The summed E-state index contributed by atoms with van der Waals surface area (Å²) in [5.41, 5.74) is 4.34. The van der Waals surface area contributed by atoms with Gasteiger partial charge in [0.05, 0.1) is 7.11 Å². The lowest BCUT2D eigenvalue weighted by atomic mass is 9.86. The van der Waals surface area contributed by atoms with Crippen LogP contribution in [0.1, 0.15) is 33.5 Å². The smallest absolute Gasteiger partial charge is 0.189 e. The van der Waals surface area contributed by atoms with Gasteiger partial charge in [0, 0.05) is 16.7 Å². The zero-order chi connectivity index (χ0) is 20.2. The average Bonchev–Trinajstić information content (AvgIpc) is 2.75. The Kier molecular flexibility index (Phi) is 5.43. The van der Waals surface area contributed by atoms with Crippen molar-refractivity contribution in [2.24, 2.45) is 0 Å². The second-order valence-corrected chi connectivity index (χ2v) is 6.95. The molecule has 0 atom stereocenters. The maximum Gasteiger partial charge on any atom is 0.189 e. The highest BCUT2D eigenvalue weighted by Gasteiger charge is 2.21. The van der Waals surface area contributed by atoms with E-state index in [0.717, 1.165) is 34.2 Å². The fourth-order valence-corrected chi connectivity index (χ4v) is 3.57. The van der Waals surface area contributed by atoms with Gasteiger partial charge in [-0.1, -0.05) is 42.5 Å². The number of carbonyl (C=O) groups is 1. The van der Waals surface area contributed by atoms with Crippen LogP contribution in [-0.2, 0) is 13.0 Å². The summed E-state index contributed by atoms with van der Waals surface area (Å²) in [7, 11) is 1.58. The zero-order valence-electron chi connectivity index (χ0n) is 16.2. The monoisotopic (exact) mass is 388 g/mol. The maximum atomic E-state index is 13.8. The van der Waals surface area contributed by atoms with Crippen molar-refractivity contribution in [3.63, 3.8) is 0 Å². The maximum absolute atomic E-state index is 13.8. The molecule has 0 fully saturated rings. The molecule has 0 heterocycles. The standard InChI is InChI=1S/C25H21FO3/c1-28-23-13-10-17(15-20(23)16-29-24-9-5-4-8-22(24)26)14-19-12-11-18-6-2-3-7-21(18)25(19)27/h2-10,13-15H,11-12,16H2,1H3. The molecular formula is C25H21FO3. The van der Waals surface area contributed by atoms with Crippen molar-refractivity contribution < 1.29 is 18.7 Å². The van der Waals surface area contributed by atoms with Crippen LogP contribution < -0.4 is 9.47 Å². The molecule has 0 aliphatic heterocycles. The second kappa shape index (κ2) is 8.31. The third kappa shape index (κ3) is 4.06. The van der Waals surface area contributed by atoms with Crippen molar-refractivity contribution in [3.8, 4) is 11.5 Å². The summed E-state index contributed by atoms with van der Waals surface area (Å²) >= 11 is 0. The van der Waals surface area contributed by atoms with Crippen molar-refractivity contribution in [3.05, 3.63) is 100 Å². The molecule has 0 amide bonds. The number of fused-ring (bicyclic) bond motifs is 1. The Labute approximate surface area is 169 Å². The molecule has 0 radical (unpaired) electrons. The molecule has 1 aliphatic carbocycles. The molecule has 0 spiro atoms. The number of ketones is 1. The summed E-state index contributed by atoms with van der Waals surface area (Å²) in [5.74, 6) is 0.518. The van der Waals surface area contributed by atoms with Crippen molar-refractivity contribution in [2.45, 2.75) is 19.4 Å². The molecular weight excluding hydrogens is 367 g/mol. The molecule has 0 N–H and O–H groups in total. The number of aryl methyl sites for hydroxylation is 1. The van der Waals surface area contributed by atoms with Gasteiger partial charge in [-0.05, 0) is 54.3 Å². The zero-order valence-corrected chi connectivity index (χ0v) is 16.2. The lowest BCUT2D eigenvalue weighted by Crippen LogP contribution is -2.13. The number of halogens is 1. The van der Waals surface area contributed by atoms with Gasteiger partial charge in [0.25, 0.3) is 0 Å². The quantitative estimate of drug-likeness (QED) is 0.532. The molecule has 3 nitrogen and oxygen atoms in total. The van der Waals surface area contributed by atoms with E-state index in [2.05, 4.69) is 0 Å². The van der Waals surface area contributed by atoms with E-state index >= 15 is 0 Å². The van der Waals surface area contributed by atoms with Gasteiger partial charge in [0.1, 0.15) is 12.4 Å². The first kappa shape index (κ1) is 18.9. The van der Waals surface area contributed by atoms with E-state index < -0.39 is 5.82 Å². The minimum absolute atomic E-state index is 0.0758. The molecule has 0 aromatic heterocycles. The molecule has 0 saturated heterocycles. The number of hydrogen-bond donors (Lipinski definition) is 0. The third-order valence-corrected chi connectivity index (χ3v) is 5.08. The van der Waals surface area contributed by atoms with Crippen molar-refractivity contribution in [2.75, 3.05) is 7.11 Å². The minimum Gasteiger partial charge on any atom is -0.496 e. The lowest BCUT2D eigenvalue weighted by molar-refractivity contribution is 0.102. The van der Waals surface area contributed by atoms with Gasteiger partial charge in [-0.3, -0.25) is 4.79 Å². The van der Waals surface area contributed by atoms with Crippen LogP contribution in [0.4, 0.5) is 4.39 Å². The minimum atomic E-state index is -0.406. The molecule has 3 aromatic carbocycles. The number of ether oxygens (including phenoxy) is 2. The summed E-state index contributed by atoms with van der Waals surface area (Å²) in [6.07, 6.45) is 3.49. The van der Waals surface area contributed by atoms with Crippen LogP contribution >= 0.6 is 0 Å². The first-order valence-corrected chi connectivity index (χ1v) is 9.53. The predicted molar refractivity (Wildman–Crippen MR) is 111 cm³/mol. The van der Waals surface area contributed by atoms with Gasteiger partial charge in [-0.2, -0.15) is 0 Å². The highest BCUT2D eigenvalue weighted by atomic mass is 19.1. The van der Waals surface area contributed by atoms with Gasteiger partial charge in [-0.15, -0.1) is 0 Å². The Balaban J connectivity index is 1.59. The number of Topliss-reactive ketones (excluding diaryl/α,β-unsaturated/α-hetero) is 1. The summed E-state index contributed by atoms with van der Waals surface area (Å²) in [6.45, 7) is 0.165. The highest BCUT2D eigenvalue weighted by Crippen LogP contribution is 2.28. The molecule has 146 valence electrons. The Bertz CT molecular complexity index is 1080. The van der Waals surface area contributed by atoms with Gasteiger partial charge >= 0.3 is 0 Å². The molecule has 1 aliphatic rings. The van der Waals surface area contributed by atoms with E-state index in [0.29, 0.717) is 12.2 Å². The number of rotatable bonds is 5. The van der Waals surface area contributed by atoms with Gasteiger partial charge in [0.15, 0.2) is 17.3 Å². The van der Waals surface area contributed by atoms with Crippen LogP contribution in [0.3, 0.4) is 0 Å². The van der Waals surface area contributed by atoms with Crippen LogP contribution in [0.5, 0.6) is 11.5 Å². The summed E-state index contributed by atoms with van der Waals surface area (Å²) in [4.78, 5) is 12.8. The Morgan fingerprint density at radius 3 is 2.59 bits per heavy atom. The first-order chi connectivity index (χ1) is 14.2. The normalized spacial score (nSPS) is 14.6. The van der Waals surface area contributed by atoms with Crippen LogP contribution in [0.25, 0.3) is 6.08 Å². The number of methoxy groups -OCH3 is 1. The SMILES string of the molecule is COc1ccc(C=C2CCc3ccccc3C2=O)cc1COc1ccccc1F. The molecule has 29 heavy (non-hydrogen) atoms. The topological polar surface area (TPSA) is 35.5 Å². The first-order valence-electron chi connectivity index (χ1n) is 9.53. The van der Waals surface area contributed by atoms with E-state index in [1.165, 1.54) is 6.07 Å². The van der Waals surface area contributed by atoms with E-state index in [-0.39, 0.29) is 18.1 Å². The lowest BCUT2D eigenvalue weighted by Gasteiger charge is -2.17.